The Morgan fingerprint density at radius 2 is 1.57 bits per heavy atom. The van der Waals surface area contributed by atoms with Gasteiger partial charge in [-0.15, -0.1) is 0 Å². The summed E-state index contributed by atoms with van der Waals surface area (Å²) in [5, 5.41) is 8.76. The van der Waals surface area contributed by atoms with Gasteiger partial charge in [-0.1, -0.05) is 48.5 Å². The fourth-order valence-electron chi connectivity index (χ4n) is 2.92. The average Bonchev–Trinajstić information content (AvgIpc) is 3.18. The van der Waals surface area contributed by atoms with E-state index in [-0.39, 0.29) is 6.61 Å². The number of hydrogen-bond donors (Lipinski definition) is 2. The fourth-order valence-corrected chi connectivity index (χ4v) is 2.92. The molecule has 3 aromatic carbocycles. The Hall–Kier alpha value is -3.24. The van der Waals surface area contributed by atoms with E-state index in [1.165, 1.54) is 5.39 Å². The van der Waals surface area contributed by atoms with Gasteiger partial charge in [-0.05, 0) is 42.8 Å². The number of aliphatic hydroxyl groups is 1. The monoisotopic (exact) mass is 375 g/mol. The van der Waals surface area contributed by atoms with Gasteiger partial charge in [-0.2, -0.15) is 0 Å². The summed E-state index contributed by atoms with van der Waals surface area (Å²) >= 11 is 0. The van der Waals surface area contributed by atoms with Crippen molar-refractivity contribution in [2.45, 2.75) is 13.5 Å². The topological polar surface area (TPSA) is 54.5 Å². The van der Waals surface area contributed by atoms with Crippen LogP contribution in [0.1, 0.15) is 12.5 Å². The van der Waals surface area contributed by atoms with Crippen LogP contribution < -0.4 is 9.47 Å². The van der Waals surface area contributed by atoms with Gasteiger partial charge in [0.05, 0.1) is 7.11 Å². The molecule has 4 aromatic rings. The lowest BCUT2D eigenvalue weighted by atomic mass is 10.1. The maximum absolute atomic E-state index is 7.57. The van der Waals surface area contributed by atoms with Gasteiger partial charge in [-0.25, -0.2) is 0 Å². The van der Waals surface area contributed by atoms with Crippen LogP contribution in [0.5, 0.6) is 11.5 Å². The SMILES string of the molecule is CCO.COc1ccc(-c2cc3ccccc3[nH]2)cc1OCc1ccccc1. The van der Waals surface area contributed by atoms with E-state index >= 15 is 0 Å². The number of benzene rings is 3. The lowest BCUT2D eigenvalue weighted by molar-refractivity contribution is 0.284. The van der Waals surface area contributed by atoms with Crippen molar-refractivity contribution in [1.29, 1.82) is 0 Å². The summed E-state index contributed by atoms with van der Waals surface area (Å²) in [6.07, 6.45) is 0. The van der Waals surface area contributed by atoms with Gasteiger partial charge < -0.3 is 19.6 Å². The quantitative estimate of drug-likeness (QED) is 0.490. The Morgan fingerprint density at radius 1 is 0.857 bits per heavy atom. The molecule has 0 aliphatic carbocycles. The number of rotatable bonds is 5. The van der Waals surface area contributed by atoms with Crippen LogP contribution in [0, 0.1) is 0 Å². The number of hydrogen-bond acceptors (Lipinski definition) is 3. The first kappa shape index (κ1) is 19.5. The van der Waals surface area contributed by atoms with Gasteiger partial charge in [0.2, 0.25) is 0 Å². The Bertz CT molecular complexity index is 976. The predicted molar refractivity (Wildman–Crippen MR) is 114 cm³/mol. The number of nitrogens with one attached hydrogen (secondary N) is 1. The summed E-state index contributed by atoms with van der Waals surface area (Å²) in [5.74, 6) is 1.47. The van der Waals surface area contributed by atoms with E-state index in [9.17, 15) is 0 Å². The van der Waals surface area contributed by atoms with Crippen molar-refractivity contribution in [2.75, 3.05) is 13.7 Å². The largest absolute Gasteiger partial charge is 0.493 e. The molecular weight excluding hydrogens is 350 g/mol. The first-order valence-electron chi connectivity index (χ1n) is 9.29. The first-order valence-corrected chi connectivity index (χ1v) is 9.29. The third-order valence-electron chi connectivity index (χ3n) is 4.24. The molecule has 0 aliphatic rings. The van der Waals surface area contributed by atoms with Crippen molar-refractivity contribution in [1.82, 2.24) is 4.98 Å². The van der Waals surface area contributed by atoms with Gasteiger partial charge in [0.1, 0.15) is 6.61 Å². The number of para-hydroxylation sites is 1. The molecule has 1 heterocycles. The second kappa shape index (κ2) is 9.62. The lowest BCUT2D eigenvalue weighted by Gasteiger charge is -2.12. The number of ether oxygens (including phenoxy) is 2. The summed E-state index contributed by atoms with van der Waals surface area (Å²) in [5.41, 5.74) is 4.38. The van der Waals surface area contributed by atoms with Crippen LogP contribution in [0.25, 0.3) is 22.2 Å². The predicted octanol–water partition coefficient (Wildman–Crippen LogP) is 5.42. The van der Waals surface area contributed by atoms with E-state index < -0.39 is 0 Å². The van der Waals surface area contributed by atoms with Crippen LogP contribution in [-0.4, -0.2) is 23.8 Å². The average molecular weight is 375 g/mol. The van der Waals surface area contributed by atoms with Gasteiger partial charge >= 0.3 is 0 Å². The highest BCUT2D eigenvalue weighted by atomic mass is 16.5. The molecule has 4 rings (SSSR count). The van der Waals surface area contributed by atoms with E-state index in [0.29, 0.717) is 6.61 Å². The summed E-state index contributed by atoms with van der Waals surface area (Å²) in [6, 6.07) is 26.5. The molecule has 4 heteroatoms. The highest BCUT2D eigenvalue weighted by molar-refractivity contribution is 5.86. The second-order valence-corrected chi connectivity index (χ2v) is 6.23. The Morgan fingerprint density at radius 3 is 2.29 bits per heavy atom. The smallest absolute Gasteiger partial charge is 0.162 e. The maximum Gasteiger partial charge on any atom is 0.162 e. The van der Waals surface area contributed by atoms with Gasteiger partial charge in [-0.3, -0.25) is 0 Å². The van der Waals surface area contributed by atoms with Crippen molar-refractivity contribution in [2.24, 2.45) is 0 Å². The van der Waals surface area contributed by atoms with Gasteiger partial charge in [0, 0.05) is 28.8 Å². The number of H-pyrrole nitrogens is 1. The van der Waals surface area contributed by atoms with Crippen LogP contribution in [0.2, 0.25) is 0 Å². The lowest BCUT2D eigenvalue weighted by Crippen LogP contribution is -1.98. The summed E-state index contributed by atoms with van der Waals surface area (Å²) < 4.78 is 11.5. The van der Waals surface area contributed by atoms with Crippen LogP contribution in [0.15, 0.2) is 78.9 Å². The normalized spacial score (nSPS) is 10.2. The zero-order valence-corrected chi connectivity index (χ0v) is 16.2. The Balaban J connectivity index is 0.000000706. The molecule has 2 N–H and O–H groups in total. The molecule has 28 heavy (non-hydrogen) atoms. The van der Waals surface area contributed by atoms with Crippen molar-refractivity contribution < 1.29 is 14.6 Å². The number of aromatic nitrogens is 1. The third-order valence-corrected chi connectivity index (χ3v) is 4.24. The highest BCUT2D eigenvalue weighted by Gasteiger charge is 2.09. The van der Waals surface area contributed by atoms with Crippen molar-refractivity contribution >= 4 is 10.9 Å². The summed E-state index contributed by atoms with van der Waals surface area (Å²) in [6.45, 7) is 2.44. The minimum absolute atomic E-state index is 0.250. The van der Waals surface area contributed by atoms with Crippen LogP contribution in [-0.2, 0) is 6.61 Å². The van der Waals surface area contributed by atoms with Crippen LogP contribution in [0.4, 0.5) is 0 Å². The molecule has 0 fully saturated rings. The number of aromatic amines is 1. The fraction of sp³-hybridized carbons (Fsp3) is 0.167. The minimum Gasteiger partial charge on any atom is -0.493 e. The number of aliphatic hydroxyl groups excluding tert-OH is 1. The number of methoxy groups -OCH3 is 1. The van der Waals surface area contributed by atoms with E-state index in [0.717, 1.165) is 33.8 Å². The molecule has 0 saturated heterocycles. The van der Waals surface area contributed by atoms with E-state index in [1.807, 2.05) is 60.7 Å². The van der Waals surface area contributed by atoms with Crippen molar-refractivity contribution in [3.63, 3.8) is 0 Å². The summed E-state index contributed by atoms with van der Waals surface area (Å²) in [7, 11) is 1.66. The van der Waals surface area contributed by atoms with Gasteiger partial charge in [0.15, 0.2) is 11.5 Å². The zero-order chi connectivity index (χ0) is 19.8. The van der Waals surface area contributed by atoms with Crippen LogP contribution in [0.3, 0.4) is 0 Å². The number of fused-ring (bicyclic) bond motifs is 1. The van der Waals surface area contributed by atoms with E-state index in [4.69, 9.17) is 14.6 Å². The Labute approximate surface area is 165 Å². The van der Waals surface area contributed by atoms with Gasteiger partial charge in [0.25, 0.3) is 0 Å². The molecule has 0 saturated carbocycles. The maximum atomic E-state index is 7.57. The Kier molecular flexibility index (Phi) is 6.71. The zero-order valence-electron chi connectivity index (χ0n) is 16.2. The molecular formula is C24H25NO3. The molecule has 0 radical (unpaired) electrons. The van der Waals surface area contributed by atoms with E-state index in [1.54, 1.807) is 14.0 Å². The molecule has 4 nitrogen and oxygen atoms in total. The third kappa shape index (κ3) is 4.72. The first-order chi connectivity index (χ1) is 13.7. The van der Waals surface area contributed by atoms with Crippen molar-refractivity contribution in [3.05, 3.63) is 84.4 Å². The van der Waals surface area contributed by atoms with E-state index in [2.05, 4.69) is 23.2 Å². The van der Waals surface area contributed by atoms with Crippen molar-refractivity contribution in [3.8, 4) is 22.8 Å². The molecule has 1 aromatic heterocycles. The standard InChI is InChI=1S/C22H19NO2.C2H6O/c1-24-21-12-11-18(20-13-17-9-5-6-10-19(17)23-20)14-22(21)25-15-16-7-3-2-4-8-16;1-2-3/h2-14,23H,15H2,1H3;3H,2H2,1H3. The molecule has 0 atom stereocenters. The molecule has 0 bridgehead atoms. The minimum atomic E-state index is 0.250. The summed E-state index contributed by atoms with van der Waals surface area (Å²) in [4.78, 5) is 3.45. The highest BCUT2D eigenvalue weighted by Crippen LogP contribution is 2.34. The molecule has 0 aliphatic heterocycles. The molecule has 0 unspecified atom stereocenters. The van der Waals surface area contributed by atoms with Crippen LogP contribution >= 0.6 is 0 Å². The molecule has 0 spiro atoms. The molecule has 0 amide bonds. The molecule has 144 valence electrons. The second-order valence-electron chi connectivity index (χ2n) is 6.23.